The van der Waals surface area contributed by atoms with Crippen LogP contribution in [0.1, 0.15) is 29.7 Å². The molecule has 3 heteroatoms. The molecule has 0 aliphatic heterocycles. The van der Waals surface area contributed by atoms with E-state index in [9.17, 15) is 0 Å². The van der Waals surface area contributed by atoms with Crippen LogP contribution in [0.3, 0.4) is 0 Å². The van der Waals surface area contributed by atoms with Gasteiger partial charge in [0.2, 0.25) is 0 Å². The van der Waals surface area contributed by atoms with Crippen LogP contribution < -0.4 is 11.1 Å². The van der Waals surface area contributed by atoms with Crippen LogP contribution in [0.5, 0.6) is 0 Å². The summed E-state index contributed by atoms with van der Waals surface area (Å²) in [5, 5.41) is 5.78. The molecule has 14 heavy (non-hydrogen) atoms. The van der Waals surface area contributed by atoms with Crippen molar-refractivity contribution in [2.75, 3.05) is 0 Å². The van der Waals surface area contributed by atoms with Gasteiger partial charge in [-0.05, 0) is 43.2 Å². The Morgan fingerprint density at radius 3 is 3.00 bits per heavy atom. The summed E-state index contributed by atoms with van der Waals surface area (Å²) in [6.45, 7) is 3.15. The first-order valence-corrected chi connectivity index (χ1v) is 6.15. The topological polar surface area (TPSA) is 38.0 Å². The van der Waals surface area contributed by atoms with E-state index in [1.165, 1.54) is 23.3 Å². The van der Waals surface area contributed by atoms with Crippen LogP contribution in [0, 0.1) is 6.92 Å². The fourth-order valence-corrected chi connectivity index (χ4v) is 2.86. The highest BCUT2D eigenvalue weighted by Gasteiger charge is 2.20. The molecule has 2 unspecified atom stereocenters. The van der Waals surface area contributed by atoms with Crippen LogP contribution in [0.4, 0.5) is 0 Å². The summed E-state index contributed by atoms with van der Waals surface area (Å²) < 4.78 is 0. The Morgan fingerprint density at radius 2 is 2.43 bits per heavy atom. The van der Waals surface area contributed by atoms with Crippen LogP contribution >= 0.6 is 11.3 Å². The zero-order valence-corrected chi connectivity index (χ0v) is 9.44. The monoisotopic (exact) mass is 210 g/mol. The average molecular weight is 210 g/mol. The minimum atomic E-state index is 0.428. The summed E-state index contributed by atoms with van der Waals surface area (Å²) in [5.74, 6) is 0. The van der Waals surface area contributed by atoms with Gasteiger partial charge in [0.15, 0.2) is 0 Å². The Bertz CT molecular complexity index is 295. The van der Waals surface area contributed by atoms with Crippen LogP contribution in [-0.2, 0) is 6.54 Å². The molecule has 2 rings (SSSR count). The second-order valence-electron chi connectivity index (χ2n) is 4.24. The van der Waals surface area contributed by atoms with Gasteiger partial charge in [0.05, 0.1) is 0 Å². The zero-order chi connectivity index (χ0) is 9.97. The summed E-state index contributed by atoms with van der Waals surface area (Å²) in [6.07, 6.45) is 3.57. The predicted octanol–water partition coefficient (Wildman–Crippen LogP) is 2.03. The fourth-order valence-electron chi connectivity index (χ4n) is 2.03. The molecular formula is C11H18N2S. The van der Waals surface area contributed by atoms with E-state index in [-0.39, 0.29) is 0 Å². The molecule has 0 radical (unpaired) electrons. The molecule has 0 amide bonds. The predicted molar refractivity (Wildman–Crippen MR) is 61.5 cm³/mol. The Kier molecular flexibility index (Phi) is 3.21. The van der Waals surface area contributed by atoms with Crippen LogP contribution in [0.25, 0.3) is 0 Å². The highest BCUT2D eigenvalue weighted by Crippen LogP contribution is 2.19. The molecule has 78 valence electrons. The molecule has 0 saturated heterocycles. The Morgan fingerprint density at radius 1 is 1.57 bits per heavy atom. The van der Waals surface area contributed by atoms with Gasteiger partial charge in [0.25, 0.3) is 0 Å². The van der Waals surface area contributed by atoms with Crippen molar-refractivity contribution in [3.05, 3.63) is 21.9 Å². The van der Waals surface area contributed by atoms with Gasteiger partial charge in [-0.3, -0.25) is 0 Å². The van der Waals surface area contributed by atoms with E-state index >= 15 is 0 Å². The number of hydrogen-bond donors (Lipinski definition) is 2. The molecular weight excluding hydrogens is 192 g/mol. The minimum absolute atomic E-state index is 0.428. The fraction of sp³-hybridized carbons (Fsp3) is 0.636. The number of thiophene rings is 1. The molecule has 1 saturated carbocycles. The smallest absolute Gasteiger partial charge is 0.0302 e. The van der Waals surface area contributed by atoms with Crippen LogP contribution in [0.15, 0.2) is 11.4 Å². The largest absolute Gasteiger partial charge is 0.328 e. The van der Waals surface area contributed by atoms with Gasteiger partial charge < -0.3 is 11.1 Å². The van der Waals surface area contributed by atoms with E-state index in [2.05, 4.69) is 23.7 Å². The Balaban J connectivity index is 1.77. The van der Waals surface area contributed by atoms with E-state index in [4.69, 9.17) is 5.73 Å². The maximum atomic E-state index is 5.86. The zero-order valence-electron chi connectivity index (χ0n) is 8.62. The van der Waals surface area contributed by atoms with Gasteiger partial charge in [0.1, 0.15) is 0 Å². The lowest BCUT2D eigenvalue weighted by Crippen LogP contribution is -2.27. The summed E-state index contributed by atoms with van der Waals surface area (Å²) in [6, 6.07) is 3.33. The number of hydrogen-bond acceptors (Lipinski definition) is 3. The lowest BCUT2D eigenvalue weighted by Gasteiger charge is -2.10. The van der Waals surface area contributed by atoms with E-state index in [1.54, 1.807) is 0 Å². The van der Waals surface area contributed by atoms with Gasteiger partial charge in [-0.1, -0.05) is 0 Å². The molecule has 2 nitrogen and oxygen atoms in total. The third-order valence-corrected chi connectivity index (χ3v) is 3.88. The third-order valence-electron chi connectivity index (χ3n) is 2.82. The number of rotatable bonds is 3. The summed E-state index contributed by atoms with van der Waals surface area (Å²) in [7, 11) is 0. The van der Waals surface area contributed by atoms with Gasteiger partial charge in [-0.25, -0.2) is 0 Å². The Hall–Kier alpha value is -0.380. The third kappa shape index (κ3) is 2.56. The van der Waals surface area contributed by atoms with Crippen molar-refractivity contribution in [3.8, 4) is 0 Å². The summed E-state index contributed by atoms with van der Waals surface area (Å²) in [4.78, 5) is 1.43. The first-order valence-electron chi connectivity index (χ1n) is 5.27. The van der Waals surface area contributed by atoms with Crippen molar-refractivity contribution in [1.29, 1.82) is 0 Å². The number of nitrogens with two attached hydrogens (primary N) is 1. The molecule has 3 N–H and O–H groups in total. The minimum Gasteiger partial charge on any atom is -0.328 e. The SMILES string of the molecule is Cc1csc(CNC2CCC(N)C2)c1. The van der Waals surface area contributed by atoms with Crippen LogP contribution in [0.2, 0.25) is 0 Å². The van der Waals surface area contributed by atoms with Crippen molar-refractivity contribution in [3.63, 3.8) is 0 Å². The highest BCUT2D eigenvalue weighted by atomic mass is 32.1. The summed E-state index contributed by atoms with van der Waals surface area (Å²) in [5.41, 5.74) is 7.23. The van der Waals surface area contributed by atoms with Gasteiger partial charge in [0, 0.05) is 23.5 Å². The lowest BCUT2D eigenvalue weighted by molar-refractivity contribution is 0.519. The molecule has 1 aromatic rings. The van der Waals surface area contributed by atoms with Crippen molar-refractivity contribution >= 4 is 11.3 Å². The van der Waals surface area contributed by atoms with Crippen molar-refractivity contribution in [2.24, 2.45) is 5.73 Å². The molecule has 0 aromatic carbocycles. The van der Waals surface area contributed by atoms with Crippen molar-refractivity contribution in [1.82, 2.24) is 5.32 Å². The molecule has 1 fully saturated rings. The maximum Gasteiger partial charge on any atom is 0.0302 e. The normalized spacial score (nSPS) is 27.0. The molecule has 0 bridgehead atoms. The second-order valence-corrected chi connectivity index (χ2v) is 5.24. The lowest BCUT2D eigenvalue weighted by atomic mass is 10.2. The van der Waals surface area contributed by atoms with E-state index in [1.807, 2.05) is 11.3 Å². The van der Waals surface area contributed by atoms with Gasteiger partial charge >= 0.3 is 0 Å². The standard InChI is InChI=1S/C11H18N2S/c1-8-4-11(14-7-8)6-13-10-3-2-9(12)5-10/h4,7,9-10,13H,2-3,5-6,12H2,1H3. The van der Waals surface area contributed by atoms with E-state index < -0.39 is 0 Å². The number of nitrogens with one attached hydrogen (secondary N) is 1. The average Bonchev–Trinajstić information content (AvgIpc) is 2.72. The van der Waals surface area contributed by atoms with E-state index in [0.29, 0.717) is 12.1 Å². The number of aryl methyl sites for hydroxylation is 1. The quantitative estimate of drug-likeness (QED) is 0.801. The van der Waals surface area contributed by atoms with Gasteiger partial charge in [-0.2, -0.15) is 0 Å². The molecule has 1 aromatic heterocycles. The molecule has 1 aliphatic rings. The van der Waals surface area contributed by atoms with Crippen molar-refractivity contribution in [2.45, 2.75) is 44.8 Å². The molecule has 0 spiro atoms. The highest BCUT2D eigenvalue weighted by molar-refractivity contribution is 7.10. The summed E-state index contributed by atoms with van der Waals surface area (Å²) >= 11 is 1.84. The van der Waals surface area contributed by atoms with Crippen LogP contribution in [-0.4, -0.2) is 12.1 Å². The maximum absolute atomic E-state index is 5.86. The van der Waals surface area contributed by atoms with Gasteiger partial charge in [-0.15, -0.1) is 11.3 Å². The first kappa shape index (κ1) is 10.1. The second kappa shape index (κ2) is 4.43. The van der Waals surface area contributed by atoms with E-state index in [0.717, 1.165) is 13.0 Å². The first-order chi connectivity index (χ1) is 6.74. The molecule has 1 aliphatic carbocycles. The molecule has 1 heterocycles. The Labute approximate surface area is 89.5 Å². The van der Waals surface area contributed by atoms with Crippen molar-refractivity contribution < 1.29 is 0 Å². The molecule has 2 atom stereocenters.